The summed E-state index contributed by atoms with van der Waals surface area (Å²) >= 11 is 4.19. The molecule has 5 rings (SSSR count). The molecule has 0 amide bonds. The average molecular weight is 899 g/mol. The number of nitrogens with zero attached hydrogens (tertiary/aromatic N) is 1. The molecule has 6 nitrogen and oxygen atoms in total. The number of benzene rings is 3. The summed E-state index contributed by atoms with van der Waals surface area (Å²) in [6.45, 7) is 19.9. The number of anilines is 1. The number of phenols is 1. The fourth-order valence-electron chi connectivity index (χ4n) is 8.89. The van der Waals surface area contributed by atoms with E-state index in [1.807, 2.05) is 108 Å². The van der Waals surface area contributed by atoms with Crippen LogP contribution in [-0.4, -0.2) is 25.0 Å². The van der Waals surface area contributed by atoms with Gasteiger partial charge in [0.2, 0.25) is 0 Å². The van der Waals surface area contributed by atoms with Gasteiger partial charge < -0.3 is 30.3 Å². The smallest absolute Gasteiger partial charge is 0.194 e. The van der Waals surface area contributed by atoms with Gasteiger partial charge in [-0.2, -0.15) is 12.6 Å². The Morgan fingerprint density at radius 1 is 0.909 bits per heavy atom. The second kappa shape index (κ2) is 23.9. The standard InChI is InChI=1S/C59H66N2O4S/c1-10-14-24-43(13-4)44-30-33-48(34-31-44)61-56(59(65)51(63)38-62)52(39(5)6)55-41(8)54(42(9)58(64)57(55)61)45(23-12-3)32-35-49-50(36-29-40(7)53(49)46-25-19-18-20-26-46)60-47(27-15-11-2)28-21-16-17-22-37-66/h10-20,22-25,27,29-34,36-38,46,60,62-66H,1,21,26,28,35H2,2-9H3/b15-11-,17-16-,23-12-,24-14-,37-22-,43-13+,45-32+,47-27+,51-38-,59-56-. The molecular formula is C59H66N2O4S. The minimum Gasteiger partial charge on any atom is -0.512 e. The normalized spacial score (nSPS) is 15.8. The van der Waals surface area contributed by atoms with Crippen molar-refractivity contribution >= 4 is 51.7 Å². The minimum atomic E-state index is -0.694. The van der Waals surface area contributed by atoms with E-state index in [2.05, 4.69) is 105 Å². The molecule has 1 aliphatic carbocycles. The predicted octanol–water partition coefficient (Wildman–Crippen LogP) is 14.7. The largest absolute Gasteiger partial charge is 0.512 e. The first-order chi connectivity index (χ1) is 31.9. The first kappa shape index (κ1) is 50.2. The summed E-state index contributed by atoms with van der Waals surface area (Å²) in [6, 6.07) is 12.2. The van der Waals surface area contributed by atoms with Crippen LogP contribution in [0.2, 0.25) is 0 Å². The number of aromatic hydroxyl groups is 1. The summed E-state index contributed by atoms with van der Waals surface area (Å²) in [5.74, 6) is -0.976. The van der Waals surface area contributed by atoms with E-state index >= 15 is 0 Å². The number of thiol groups is 1. The summed E-state index contributed by atoms with van der Waals surface area (Å²) in [5.41, 5.74) is 13.1. The van der Waals surface area contributed by atoms with Gasteiger partial charge in [-0.15, -0.1) is 0 Å². The van der Waals surface area contributed by atoms with Gasteiger partial charge >= 0.3 is 0 Å². The summed E-state index contributed by atoms with van der Waals surface area (Å²) in [7, 11) is 0. The van der Waals surface area contributed by atoms with Gasteiger partial charge in [0, 0.05) is 39.2 Å². The Labute approximate surface area is 397 Å². The molecule has 0 aliphatic heterocycles. The molecule has 3 aromatic carbocycles. The van der Waals surface area contributed by atoms with E-state index in [0.717, 1.165) is 69.4 Å². The lowest BCUT2D eigenvalue weighted by atomic mass is 9.83. The van der Waals surface area contributed by atoms with Crippen LogP contribution < -0.4 is 15.9 Å². The number of aliphatic hydroxyl groups is 3. The molecule has 0 radical (unpaired) electrons. The molecule has 1 aromatic heterocycles. The number of fused-ring (bicyclic) bond motifs is 1. The minimum absolute atomic E-state index is 0.0394. The van der Waals surface area contributed by atoms with E-state index in [1.165, 1.54) is 16.7 Å². The average Bonchev–Trinajstić information content (AvgIpc) is 3.69. The van der Waals surface area contributed by atoms with Crippen molar-refractivity contribution in [2.24, 2.45) is 0 Å². The molecule has 342 valence electrons. The molecule has 0 fully saturated rings. The maximum atomic E-state index is 12.6. The van der Waals surface area contributed by atoms with E-state index in [1.54, 1.807) is 16.1 Å². The summed E-state index contributed by atoms with van der Waals surface area (Å²) in [5, 5.41) is 52.4. The zero-order valence-electron chi connectivity index (χ0n) is 39.7. The molecule has 4 aromatic rings. The fraction of sp³-hybridized carbons (Fsp3) is 0.220. The first-order valence-electron chi connectivity index (χ1n) is 22.6. The van der Waals surface area contributed by atoms with Gasteiger partial charge in [0.15, 0.2) is 11.5 Å². The molecular weight excluding hydrogens is 833 g/mol. The van der Waals surface area contributed by atoms with Gasteiger partial charge in [0.05, 0.1) is 5.52 Å². The number of allylic oxidation sites excluding steroid dienone is 20. The van der Waals surface area contributed by atoms with Crippen LogP contribution in [0.25, 0.3) is 39.1 Å². The molecule has 0 saturated carbocycles. The van der Waals surface area contributed by atoms with Gasteiger partial charge in [0.1, 0.15) is 17.4 Å². The Bertz CT molecular complexity index is 2910. The van der Waals surface area contributed by atoms with Crippen molar-refractivity contribution in [3.8, 4) is 11.4 Å². The predicted molar refractivity (Wildman–Crippen MR) is 287 cm³/mol. The second-order valence-corrected chi connectivity index (χ2v) is 16.8. The lowest BCUT2D eigenvalue weighted by Gasteiger charge is -2.24. The summed E-state index contributed by atoms with van der Waals surface area (Å²) in [4.78, 5) is 0. The van der Waals surface area contributed by atoms with Crippen molar-refractivity contribution in [3.05, 3.63) is 219 Å². The molecule has 0 saturated heterocycles. The number of nitrogens with one attached hydrogen (secondary N) is 1. The summed E-state index contributed by atoms with van der Waals surface area (Å²) < 4.78 is 1.78. The van der Waals surface area contributed by atoms with E-state index in [-0.39, 0.29) is 17.0 Å². The Hall–Kier alpha value is -6.83. The third kappa shape index (κ3) is 11.2. The van der Waals surface area contributed by atoms with Crippen molar-refractivity contribution in [2.75, 3.05) is 5.32 Å². The highest BCUT2D eigenvalue weighted by Crippen LogP contribution is 2.40. The van der Waals surface area contributed by atoms with Crippen LogP contribution in [0.15, 0.2) is 169 Å². The molecule has 66 heavy (non-hydrogen) atoms. The number of aryl methyl sites for hydroxylation is 2. The number of aliphatic hydroxyl groups excluding tert-OH is 3. The summed E-state index contributed by atoms with van der Waals surface area (Å²) in [6.07, 6.45) is 38.7. The highest BCUT2D eigenvalue weighted by Gasteiger charge is 2.26. The Balaban J connectivity index is 1.82. The Kier molecular flexibility index (Phi) is 18.2. The fourth-order valence-corrected chi connectivity index (χ4v) is 8.99. The molecule has 7 heteroatoms. The van der Waals surface area contributed by atoms with Crippen LogP contribution in [0, 0.1) is 20.8 Å². The van der Waals surface area contributed by atoms with E-state index < -0.39 is 11.5 Å². The van der Waals surface area contributed by atoms with Crippen molar-refractivity contribution in [2.45, 2.75) is 87.0 Å². The molecule has 0 bridgehead atoms. The lowest BCUT2D eigenvalue weighted by molar-refractivity contribution is 0.345. The first-order valence-corrected chi connectivity index (χ1v) is 23.1. The number of aromatic nitrogens is 1. The van der Waals surface area contributed by atoms with Gasteiger partial charge in [-0.3, -0.25) is 0 Å². The maximum Gasteiger partial charge on any atom is 0.194 e. The molecule has 1 atom stereocenters. The molecule has 5 N–H and O–H groups in total. The molecule has 1 aliphatic rings. The zero-order chi connectivity index (χ0) is 47.9. The van der Waals surface area contributed by atoms with Gasteiger partial charge in [-0.25, -0.2) is 0 Å². The Morgan fingerprint density at radius 2 is 1.67 bits per heavy atom. The Morgan fingerprint density at radius 3 is 2.29 bits per heavy atom. The molecule has 0 spiro atoms. The van der Waals surface area contributed by atoms with Crippen LogP contribution in [0.1, 0.15) is 98.7 Å². The maximum absolute atomic E-state index is 12.6. The van der Waals surface area contributed by atoms with E-state index in [9.17, 15) is 20.4 Å². The van der Waals surface area contributed by atoms with E-state index in [4.69, 9.17) is 0 Å². The number of phenolic OH excluding ortho intramolecular Hbond substituents is 1. The third-order valence-corrected chi connectivity index (χ3v) is 12.1. The van der Waals surface area contributed by atoms with Gasteiger partial charge in [0.25, 0.3) is 0 Å². The van der Waals surface area contributed by atoms with Crippen molar-refractivity contribution in [1.82, 2.24) is 4.57 Å². The third-order valence-electron chi connectivity index (χ3n) is 11.9. The SMILES string of the molecule is C=C/C=C\C(=C/C)c1ccc(-n2/c(=C(O)/C(O)=C/O)c(=C(C)C)c3c(C)c(C(/C=C\C)=C/Cc4c(N/C(=C/C=C\C)CC/C=C\C=C/S)ccc(C)c4C4C=CC=CC4)c(C)c(O)c32)cc1. The van der Waals surface area contributed by atoms with Crippen molar-refractivity contribution in [1.29, 1.82) is 0 Å². The molecule has 1 heterocycles. The zero-order valence-corrected chi connectivity index (χ0v) is 40.6. The second-order valence-electron chi connectivity index (χ2n) is 16.5. The number of rotatable bonds is 17. The monoisotopic (exact) mass is 898 g/mol. The quantitative estimate of drug-likeness (QED) is 0.0360. The van der Waals surface area contributed by atoms with Gasteiger partial charge in [-0.1, -0.05) is 128 Å². The van der Waals surface area contributed by atoms with Gasteiger partial charge in [-0.05, 0) is 155 Å². The highest BCUT2D eigenvalue weighted by molar-refractivity contribution is 7.83. The van der Waals surface area contributed by atoms with Crippen molar-refractivity contribution in [3.63, 3.8) is 0 Å². The van der Waals surface area contributed by atoms with E-state index in [0.29, 0.717) is 34.7 Å². The van der Waals surface area contributed by atoms with Crippen LogP contribution in [0.4, 0.5) is 5.69 Å². The lowest BCUT2D eigenvalue weighted by Crippen LogP contribution is -2.33. The highest BCUT2D eigenvalue weighted by atomic mass is 32.1. The van der Waals surface area contributed by atoms with Crippen LogP contribution in [0.5, 0.6) is 5.75 Å². The number of hydrogen-bond acceptors (Lipinski definition) is 6. The topological polar surface area (TPSA) is 97.9 Å². The van der Waals surface area contributed by atoms with Crippen LogP contribution in [0.3, 0.4) is 0 Å². The molecule has 1 unspecified atom stereocenters. The van der Waals surface area contributed by atoms with Crippen LogP contribution in [-0.2, 0) is 6.42 Å². The number of hydrogen-bond donors (Lipinski definition) is 6. The van der Waals surface area contributed by atoms with Crippen LogP contribution >= 0.6 is 12.6 Å². The van der Waals surface area contributed by atoms with Crippen molar-refractivity contribution < 1.29 is 20.4 Å².